The molecule has 0 heterocycles. The molecule has 130 valence electrons. The number of carbonyl (C=O) groups is 2. The maximum Gasteiger partial charge on any atom is 0.251 e. The van der Waals surface area contributed by atoms with Gasteiger partial charge < -0.3 is 10.6 Å². The molecule has 0 saturated heterocycles. The van der Waals surface area contributed by atoms with Crippen molar-refractivity contribution in [2.24, 2.45) is 0 Å². The van der Waals surface area contributed by atoms with E-state index in [1.807, 2.05) is 50.2 Å². The number of rotatable bonds is 6. The van der Waals surface area contributed by atoms with Crippen LogP contribution in [-0.4, -0.2) is 18.9 Å². The standard InChI is InChI=1S/C21H24N2O2/c1-4-19(17-10-5-15(2)6-11-17)23-20(24)14-9-16-7-12-18(13-8-16)21(25)22-3/h5-14,19H,4H2,1-3H3,(H,22,25)(H,23,24)/b14-9+. The lowest BCUT2D eigenvalue weighted by atomic mass is 10.0. The second-order valence-electron chi connectivity index (χ2n) is 5.91. The first-order chi connectivity index (χ1) is 12.0. The molecule has 2 rings (SSSR count). The zero-order valence-corrected chi connectivity index (χ0v) is 14.9. The van der Waals surface area contributed by atoms with Crippen molar-refractivity contribution < 1.29 is 9.59 Å². The van der Waals surface area contributed by atoms with Crippen LogP contribution in [0.2, 0.25) is 0 Å². The molecular weight excluding hydrogens is 312 g/mol. The van der Waals surface area contributed by atoms with Gasteiger partial charge in [-0.05, 0) is 42.7 Å². The van der Waals surface area contributed by atoms with Gasteiger partial charge in [0.25, 0.3) is 5.91 Å². The summed E-state index contributed by atoms with van der Waals surface area (Å²) >= 11 is 0. The normalized spacial score (nSPS) is 12.0. The Morgan fingerprint density at radius 3 is 2.24 bits per heavy atom. The molecular formula is C21H24N2O2. The number of nitrogens with one attached hydrogen (secondary N) is 2. The molecule has 0 aliphatic rings. The summed E-state index contributed by atoms with van der Waals surface area (Å²) in [6.07, 6.45) is 4.08. The molecule has 25 heavy (non-hydrogen) atoms. The molecule has 0 aliphatic carbocycles. The Morgan fingerprint density at radius 1 is 1.04 bits per heavy atom. The van der Waals surface area contributed by atoms with E-state index < -0.39 is 0 Å². The van der Waals surface area contributed by atoms with Crippen molar-refractivity contribution in [3.8, 4) is 0 Å². The molecule has 2 amide bonds. The first-order valence-corrected chi connectivity index (χ1v) is 8.40. The molecule has 0 saturated carbocycles. The van der Waals surface area contributed by atoms with Crippen molar-refractivity contribution in [2.75, 3.05) is 7.05 Å². The third-order valence-electron chi connectivity index (χ3n) is 4.03. The predicted molar refractivity (Wildman–Crippen MR) is 101 cm³/mol. The Bertz CT molecular complexity index is 746. The first kappa shape index (κ1) is 18.5. The minimum absolute atomic E-state index is 0.00613. The van der Waals surface area contributed by atoms with Gasteiger partial charge in [0, 0.05) is 18.7 Å². The fraction of sp³-hybridized carbons (Fsp3) is 0.238. The molecule has 0 aliphatic heterocycles. The summed E-state index contributed by atoms with van der Waals surface area (Å²) in [5, 5.41) is 5.60. The first-order valence-electron chi connectivity index (χ1n) is 8.40. The Morgan fingerprint density at radius 2 is 1.68 bits per heavy atom. The summed E-state index contributed by atoms with van der Waals surface area (Å²) in [6.45, 7) is 4.09. The van der Waals surface area contributed by atoms with Gasteiger partial charge >= 0.3 is 0 Å². The average molecular weight is 336 g/mol. The SMILES string of the molecule is CCC(NC(=O)/C=C/c1ccc(C(=O)NC)cc1)c1ccc(C)cc1. The fourth-order valence-corrected chi connectivity index (χ4v) is 2.50. The van der Waals surface area contributed by atoms with Gasteiger partial charge in [0.15, 0.2) is 0 Å². The maximum absolute atomic E-state index is 12.2. The highest BCUT2D eigenvalue weighted by molar-refractivity contribution is 5.94. The third kappa shape index (κ3) is 5.31. The highest BCUT2D eigenvalue weighted by Gasteiger charge is 2.10. The summed E-state index contributed by atoms with van der Waals surface area (Å²) in [4.78, 5) is 23.7. The zero-order valence-electron chi connectivity index (χ0n) is 14.9. The monoisotopic (exact) mass is 336 g/mol. The molecule has 2 N–H and O–H groups in total. The van der Waals surface area contributed by atoms with Crippen molar-refractivity contribution in [3.63, 3.8) is 0 Å². The van der Waals surface area contributed by atoms with Gasteiger partial charge in [-0.3, -0.25) is 9.59 Å². The van der Waals surface area contributed by atoms with Gasteiger partial charge in [-0.15, -0.1) is 0 Å². The van der Waals surface area contributed by atoms with Gasteiger partial charge in [0.2, 0.25) is 5.91 Å². The summed E-state index contributed by atoms with van der Waals surface area (Å²) in [5.74, 6) is -0.264. The van der Waals surface area contributed by atoms with Crippen LogP contribution in [0.3, 0.4) is 0 Å². The molecule has 0 radical (unpaired) electrons. The Balaban J connectivity index is 1.99. The van der Waals surface area contributed by atoms with Crippen LogP contribution in [0.4, 0.5) is 0 Å². The van der Waals surface area contributed by atoms with Crippen LogP contribution in [-0.2, 0) is 4.79 Å². The summed E-state index contributed by atoms with van der Waals surface area (Å²) in [7, 11) is 1.60. The molecule has 0 fully saturated rings. The molecule has 0 aromatic heterocycles. The number of aryl methyl sites for hydroxylation is 1. The Labute approximate surface area is 149 Å². The number of carbonyl (C=O) groups excluding carboxylic acids is 2. The second kappa shape index (κ2) is 8.83. The zero-order chi connectivity index (χ0) is 18.2. The molecule has 0 spiro atoms. The van der Waals surface area contributed by atoms with E-state index in [2.05, 4.69) is 10.6 Å². The Kier molecular flexibility index (Phi) is 6.52. The van der Waals surface area contributed by atoms with Crippen LogP contribution in [0.5, 0.6) is 0 Å². The average Bonchev–Trinajstić information content (AvgIpc) is 2.65. The van der Waals surface area contributed by atoms with Gasteiger partial charge in [-0.25, -0.2) is 0 Å². The number of amides is 2. The molecule has 1 unspecified atom stereocenters. The molecule has 2 aromatic rings. The van der Waals surface area contributed by atoms with Gasteiger partial charge in [0.05, 0.1) is 6.04 Å². The lowest BCUT2D eigenvalue weighted by Crippen LogP contribution is -2.26. The van der Waals surface area contributed by atoms with Gasteiger partial charge in [0.1, 0.15) is 0 Å². The van der Waals surface area contributed by atoms with Crippen LogP contribution in [0.25, 0.3) is 6.08 Å². The highest BCUT2D eigenvalue weighted by Crippen LogP contribution is 2.17. The molecule has 0 bridgehead atoms. The molecule has 1 atom stereocenters. The van der Waals surface area contributed by atoms with Gasteiger partial charge in [-0.2, -0.15) is 0 Å². The lowest BCUT2D eigenvalue weighted by Gasteiger charge is -2.16. The van der Waals surface area contributed by atoms with E-state index in [0.717, 1.165) is 17.5 Å². The Hall–Kier alpha value is -2.88. The number of hydrogen-bond acceptors (Lipinski definition) is 2. The maximum atomic E-state index is 12.2. The van der Waals surface area contributed by atoms with Crippen LogP contribution >= 0.6 is 0 Å². The van der Waals surface area contributed by atoms with E-state index in [4.69, 9.17) is 0 Å². The second-order valence-corrected chi connectivity index (χ2v) is 5.91. The van der Waals surface area contributed by atoms with Crippen LogP contribution < -0.4 is 10.6 Å². The largest absolute Gasteiger partial charge is 0.355 e. The summed E-state index contributed by atoms with van der Waals surface area (Å²) in [6, 6.07) is 15.3. The number of benzene rings is 2. The smallest absolute Gasteiger partial charge is 0.251 e. The van der Waals surface area contributed by atoms with Crippen molar-refractivity contribution >= 4 is 17.9 Å². The van der Waals surface area contributed by atoms with E-state index in [0.29, 0.717) is 5.56 Å². The topological polar surface area (TPSA) is 58.2 Å². The molecule has 2 aromatic carbocycles. The van der Waals surface area contributed by atoms with E-state index in [1.165, 1.54) is 11.6 Å². The van der Waals surface area contributed by atoms with Crippen LogP contribution in [0, 0.1) is 6.92 Å². The number of hydrogen-bond donors (Lipinski definition) is 2. The quantitative estimate of drug-likeness (QED) is 0.791. The van der Waals surface area contributed by atoms with Crippen molar-refractivity contribution in [3.05, 3.63) is 76.9 Å². The molecule has 4 heteroatoms. The lowest BCUT2D eigenvalue weighted by molar-refractivity contribution is -0.117. The van der Waals surface area contributed by atoms with E-state index in [9.17, 15) is 9.59 Å². The van der Waals surface area contributed by atoms with Crippen LogP contribution in [0.15, 0.2) is 54.6 Å². The van der Waals surface area contributed by atoms with Crippen molar-refractivity contribution in [1.29, 1.82) is 0 Å². The fourth-order valence-electron chi connectivity index (χ4n) is 2.50. The summed E-state index contributed by atoms with van der Waals surface area (Å²) < 4.78 is 0. The van der Waals surface area contributed by atoms with Crippen molar-refractivity contribution in [1.82, 2.24) is 10.6 Å². The van der Waals surface area contributed by atoms with Crippen molar-refractivity contribution in [2.45, 2.75) is 26.3 Å². The van der Waals surface area contributed by atoms with E-state index in [-0.39, 0.29) is 17.9 Å². The predicted octanol–water partition coefficient (Wildman–Crippen LogP) is 3.64. The highest BCUT2D eigenvalue weighted by atomic mass is 16.2. The van der Waals surface area contributed by atoms with E-state index >= 15 is 0 Å². The minimum Gasteiger partial charge on any atom is -0.355 e. The van der Waals surface area contributed by atoms with Gasteiger partial charge in [-0.1, -0.05) is 48.9 Å². The minimum atomic E-state index is -0.136. The summed E-state index contributed by atoms with van der Waals surface area (Å²) in [5.41, 5.74) is 3.76. The van der Waals surface area contributed by atoms with Crippen LogP contribution in [0.1, 0.15) is 46.4 Å². The van der Waals surface area contributed by atoms with E-state index in [1.54, 1.807) is 25.3 Å². The molecule has 4 nitrogen and oxygen atoms in total. The third-order valence-corrected chi connectivity index (χ3v) is 4.03.